The lowest BCUT2D eigenvalue weighted by molar-refractivity contribution is -0.384. The average Bonchev–Trinajstić information content (AvgIpc) is 3.35. The van der Waals surface area contributed by atoms with Gasteiger partial charge in [-0.25, -0.2) is 8.42 Å². The number of sulfonamides is 1. The minimum absolute atomic E-state index is 0.0123. The van der Waals surface area contributed by atoms with Crippen LogP contribution in [0.4, 0.5) is 11.4 Å². The summed E-state index contributed by atoms with van der Waals surface area (Å²) in [4.78, 5) is 38.9. The topological polar surface area (TPSA) is 130 Å². The van der Waals surface area contributed by atoms with Crippen molar-refractivity contribution in [2.75, 3.05) is 17.1 Å². The fraction of sp³-hybridized carbons (Fsp3) is 0.440. The van der Waals surface area contributed by atoms with Crippen LogP contribution in [0, 0.1) is 10.1 Å². The van der Waals surface area contributed by atoms with Crippen LogP contribution in [0.5, 0.6) is 0 Å². The van der Waals surface area contributed by atoms with Gasteiger partial charge < -0.3 is 10.2 Å². The van der Waals surface area contributed by atoms with Crippen LogP contribution in [0.15, 0.2) is 48.5 Å². The Balaban J connectivity index is 1.95. The van der Waals surface area contributed by atoms with Crippen molar-refractivity contribution in [3.8, 4) is 0 Å². The number of rotatable bonds is 11. The zero-order valence-corrected chi connectivity index (χ0v) is 22.4. The van der Waals surface area contributed by atoms with Gasteiger partial charge >= 0.3 is 0 Å². The predicted molar refractivity (Wildman–Crippen MR) is 142 cm³/mol. The van der Waals surface area contributed by atoms with E-state index < -0.39 is 33.4 Å². The SMILES string of the molecule is CC[C@H](C(=O)NC1CCCC1)N(Cc1ccccc1Cl)C(=O)CN(c1cccc([N+](=O)[O-])c1)S(C)(=O)=O. The van der Waals surface area contributed by atoms with Crippen molar-refractivity contribution in [2.45, 2.75) is 57.7 Å². The molecule has 0 unspecified atom stereocenters. The van der Waals surface area contributed by atoms with Gasteiger partial charge in [-0.15, -0.1) is 0 Å². The van der Waals surface area contributed by atoms with Gasteiger partial charge in [0.05, 0.1) is 16.9 Å². The Morgan fingerprint density at radius 3 is 2.43 bits per heavy atom. The standard InChI is InChI=1S/C25H31ClN4O6S/c1-3-23(25(32)27-19-10-5-6-11-19)28(16-18-9-4-7-14-22(18)26)24(31)17-29(37(2,35)36)20-12-8-13-21(15-20)30(33)34/h4,7-9,12-15,19,23H,3,5-6,10-11,16-17H2,1-2H3,(H,27,32)/t23-/m1/s1. The van der Waals surface area contributed by atoms with Crippen LogP contribution in [-0.4, -0.2) is 54.9 Å². The van der Waals surface area contributed by atoms with Gasteiger partial charge in [0.25, 0.3) is 5.69 Å². The summed E-state index contributed by atoms with van der Waals surface area (Å²) < 4.78 is 26.2. The van der Waals surface area contributed by atoms with E-state index in [-0.39, 0.29) is 29.9 Å². The Labute approximate surface area is 221 Å². The number of halogens is 1. The molecule has 1 atom stereocenters. The molecule has 2 amide bonds. The zero-order chi connectivity index (χ0) is 27.2. The first-order chi connectivity index (χ1) is 17.5. The predicted octanol–water partition coefficient (Wildman–Crippen LogP) is 3.88. The van der Waals surface area contributed by atoms with Crippen molar-refractivity contribution in [3.05, 3.63) is 69.2 Å². The van der Waals surface area contributed by atoms with Gasteiger partial charge in [0, 0.05) is 29.7 Å². The van der Waals surface area contributed by atoms with Crippen molar-refractivity contribution in [2.24, 2.45) is 0 Å². The van der Waals surface area contributed by atoms with E-state index in [0.717, 1.165) is 42.3 Å². The molecule has 2 aromatic rings. The summed E-state index contributed by atoms with van der Waals surface area (Å²) in [5.74, 6) is -0.943. The number of nitrogens with zero attached hydrogens (tertiary/aromatic N) is 3. The number of benzene rings is 2. The summed E-state index contributed by atoms with van der Waals surface area (Å²) in [5.41, 5.74) is 0.269. The van der Waals surface area contributed by atoms with Crippen LogP contribution in [-0.2, 0) is 26.2 Å². The number of carbonyl (C=O) groups excluding carboxylic acids is 2. The highest BCUT2D eigenvalue weighted by atomic mass is 35.5. The molecule has 1 saturated carbocycles. The second kappa shape index (κ2) is 12.4. The van der Waals surface area contributed by atoms with Gasteiger partial charge in [-0.05, 0) is 37.0 Å². The number of nitrogens with one attached hydrogen (secondary N) is 1. The Kier molecular flexibility index (Phi) is 9.50. The fourth-order valence-electron chi connectivity index (χ4n) is 4.47. The second-order valence-electron chi connectivity index (χ2n) is 9.07. The quantitative estimate of drug-likeness (QED) is 0.334. The van der Waals surface area contributed by atoms with Gasteiger partial charge in [-0.3, -0.25) is 24.0 Å². The maximum absolute atomic E-state index is 13.7. The third-order valence-electron chi connectivity index (χ3n) is 6.39. The summed E-state index contributed by atoms with van der Waals surface area (Å²) >= 11 is 6.35. The van der Waals surface area contributed by atoms with E-state index in [1.165, 1.54) is 23.1 Å². The Hall–Kier alpha value is -3.18. The molecule has 37 heavy (non-hydrogen) atoms. The van der Waals surface area contributed by atoms with Crippen molar-refractivity contribution in [1.82, 2.24) is 10.2 Å². The number of hydrogen-bond acceptors (Lipinski definition) is 6. The summed E-state index contributed by atoms with van der Waals surface area (Å²) in [6.07, 6.45) is 5.00. The third-order valence-corrected chi connectivity index (χ3v) is 7.90. The molecule has 1 aliphatic carbocycles. The van der Waals surface area contributed by atoms with Gasteiger partial charge in [-0.2, -0.15) is 0 Å². The van der Waals surface area contributed by atoms with Crippen LogP contribution in [0.3, 0.4) is 0 Å². The highest BCUT2D eigenvalue weighted by Gasteiger charge is 2.33. The third kappa shape index (κ3) is 7.42. The first-order valence-corrected chi connectivity index (χ1v) is 14.3. The van der Waals surface area contributed by atoms with Crippen molar-refractivity contribution in [1.29, 1.82) is 0 Å². The minimum Gasteiger partial charge on any atom is -0.352 e. The van der Waals surface area contributed by atoms with Crippen LogP contribution in [0.2, 0.25) is 5.02 Å². The van der Waals surface area contributed by atoms with Gasteiger partial charge in [0.1, 0.15) is 12.6 Å². The zero-order valence-electron chi connectivity index (χ0n) is 20.8. The molecule has 1 N–H and O–H groups in total. The number of nitro groups is 1. The summed E-state index contributed by atoms with van der Waals surface area (Å²) in [5, 5.41) is 14.7. The highest BCUT2D eigenvalue weighted by molar-refractivity contribution is 7.92. The van der Waals surface area contributed by atoms with Crippen LogP contribution < -0.4 is 9.62 Å². The molecule has 1 fully saturated rings. The molecule has 200 valence electrons. The molecule has 12 heteroatoms. The van der Waals surface area contributed by atoms with Crippen LogP contribution in [0.25, 0.3) is 0 Å². The average molecular weight is 551 g/mol. The molecular formula is C25H31ClN4O6S. The van der Waals surface area contributed by atoms with Crippen molar-refractivity contribution < 1.29 is 22.9 Å². The lowest BCUT2D eigenvalue weighted by Crippen LogP contribution is -2.53. The molecule has 2 aromatic carbocycles. The van der Waals surface area contributed by atoms with Crippen LogP contribution in [0.1, 0.15) is 44.6 Å². The number of nitro benzene ring substituents is 1. The molecule has 1 aliphatic rings. The molecule has 0 radical (unpaired) electrons. The number of amides is 2. The minimum atomic E-state index is -4.00. The molecule has 0 bridgehead atoms. The Morgan fingerprint density at radius 1 is 1.16 bits per heavy atom. The van der Waals surface area contributed by atoms with E-state index in [9.17, 15) is 28.1 Å². The Bertz CT molecular complexity index is 1250. The monoisotopic (exact) mass is 550 g/mol. The number of non-ortho nitro benzene ring substituents is 1. The largest absolute Gasteiger partial charge is 0.352 e. The van der Waals surface area contributed by atoms with E-state index in [0.29, 0.717) is 17.0 Å². The fourth-order valence-corrected chi connectivity index (χ4v) is 5.51. The molecule has 10 nitrogen and oxygen atoms in total. The first-order valence-electron chi connectivity index (χ1n) is 12.1. The number of carbonyl (C=O) groups is 2. The number of hydrogen-bond donors (Lipinski definition) is 1. The van der Waals surface area contributed by atoms with E-state index in [1.54, 1.807) is 31.2 Å². The molecule has 3 rings (SSSR count). The van der Waals surface area contributed by atoms with E-state index in [1.807, 2.05) is 0 Å². The molecule has 0 saturated heterocycles. The second-order valence-corrected chi connectivity index (χ2v) is 11.4. The molecular weight excluding hydrogens is 520 g/mol. The van der Waals surface area contributed by atoms with E-state index >= 15 is 0 Å². The van der Waals surface area contributed by atoms with Crippen molar-refractivity contribution >= 4 is 44.8 Å². The van der Waals surface area contributed by atoms with Crippen LogP contribution >= 0.6 is 11.6 Å². The molecule has 0 aliphatic heterocycles. The lowest BCUT2D eigenvalue weighted by Gasteiger charge is -2.33. The number of anilines is 1. The summed E-state index contributed by atoms with van der Waals surface area (Å²) in [6, 6.07) is 11.1. The molecule has 0 aromatic heterocycles. The molecule has 0 spiro atoms. The van der Waals surface area contributed by atoms with E-state index in [4.69, 9.17) is 11.6 Å². The van der Waals surface area contributed by atoms with Gasteiger partial charge in [0.15, 0.2) is 0 Å². The smallest absolute Gasteiger partial charge is 0.271 e. The van der Waals surface area contributed by atoms with Gasteiger partial charge in [0.2, 0.25) is 21.8 Å². The summed E-state index contributed by atoms with van der Waals surface area (Å²) in [7, 11) is -4.00. The first kappa shape index (κ1) is 28.4. The Morgan fingerprint density at radius 2 is 1.84 bits per heavy atom. The lowest BCUT2D eigenvalue weighted by atomic mass is 10.1. The van der Waals surface area contributed by atoms with Gasteiger partial charge in [-0.1, -0.05) is 55.6 Å². The molecule has 0 heterocycles. The highest BCUT2D eigenvalue weighted by Crippen LogP contribution is 2.25. The summed E-state index contributed by atoms with van der Waals surface area (Å²) in [6.45, 7) is 1.12. The normalized spacial score (nSPS) is 14.7. The van der Waals surface area contributed by atoms with E-state index in [2.05, 4.69) is 5.32 Å². The maximum Gasteiger partial charge on any atom is 0.271 e. The van der Waals surface area contributed by atoms with Crippen molar-refractivity contribution in [3.63, 3.8) is 0 Å². The maximum atomic E-state index is 13.7.